The highest BCUT2D eigenvalue weighted by atomic mass is 16.1. The second-order valence-electron chi connectivity index (χ2n) is 5.02. The monoisotopic (exact) mass is 284 g/mol. The van der Waals surface area contributed by atoms with Gasteiger partial charge in [0.1, 0.15) is 0 Å². The Kier molecular flexibility index (Phi) is 5.29. The minimum absolute atomic E-state index is 0.0152. The lowest BCUT2D eigenvalue weighted by Gasteiger charge is -2.16. The molecule has 21 heavy (non-hydrogen) atoms. The Bertz CT molecular complexity index is 586. The van der Waals surface area contributed by atoms with E-state index >= 15 is 0 Å². The van der Waals surface area contributed by atoms with Gasteiger partial charge in [-0.05, 0) is 36.9 Å². The van der Waals surface area contributed by atoms with Gasteiger partial charge in [0, 0.05) is 43.3 Å². The topological polar surface area (TPSA) is 71.2 Å². The molecular weight excluding hydrogens is 264 g/mol. The Hall–Kier alpha value is -2.40. The number of amides is 1. The van der Waals surface area contributed by atoms with Crippen molar-refractivity contribution < 1.29 is 4.79 Å². The lowest BCUT2D eigenvalue weighted by atomic mass is 10.2. The first-order valence-corrected chi connectivity index (χ1v) is 6.86. The first kappa shape index (κ1) is 15.0. The van der Waals surface area contributed by atoms with Gasteiger partial charge in [-0.2, -0.15) is 0 Å². The summed E-state index contributed by atoms with van der Waals surface area (Å²) < 4.78 is 0. The predicted octanol–water partition coefficient (Wildman–Crippen LogP) is 2.12. The summed E-state index contributed by atoms with van der Waals surface area (Å²) in [5.41, 5.74) is 8.18. The van der Waals surface area contributed by atoms with Crippen LogP contribution in [0, 0.1) is 0 Å². The Morgan fingerprint density at radius 2 is 2.19 bits per heavy atom. The SMILES string of the molecule is CN(CCC(=O)Nc1cccc(N)c1)Cc1cccnc1. The van der Waals surface area contributed by atoms with Gasteiger partial charge in [-0.1, -0.05) is 12.1 Å². The minimum Gasteiger partial charge on any atom is -0.399 e. The average molecular weight is 284 g/mol. The van der Waals surface area contributed by atoms with Gasteiger partial charge in [0.05, 0.1) is 0 Å². The third kappa shape index (κ3) is 5.24. The van der Waals surface area contributed by atoms with Gasteiger partial charge in [0.25, 0.3) is 0 Å². The Labute approximate surface area is 124 Å². The van der Waals surface area contributed by atoms with Crippen molar-refractivity contribution in [2.45, 2.75) is 13.0 Å². The molecule has 5 heteroatoms. The third-order valence-corrected chi connectivity index (χ3v) is 3.07. The van der Waals surface area contributed by atoms with Crippen LogP contribution in [0.15, 0.2) is 48.8 Å². The molecule has 0 saturated carbocycles. The van der Waals surface area contributed by atoms with Crippen molar-refractivity contribution in [3.8, 4) is 0 Å². The standard InChI is InChI=1S/C16H20N4O/c1-20(12-13-4-3-8-18-11-13)9-7-16(21)19-15-6-2-5-14(17)10-15/h2-6,8,10-11H,7,9,12,17H2,1H3,(H,19,21). The fourth-order valence-electron chi connectivity index (χ4n) is 2.01. The molecule has 110 valence electrons. The van der Waals surface area contributed by atoms with E-state index < -0.39 is 0 Å². The summed E-state index contributed by atoms with van der Waals surface area (Å²) in [6.45, 7) is 1.46. The highest BCUT2D eigenvalue weighted by Crippen LogP contribution is 2.12. The second-order valence-corrected chi connectivity index (χ2v) is 5.02. The molecule has 2 rings (SSSR count). The zero-order valence-electron chi connectivity index (χ0n) is 12.1. The minimum atomic E-state index is -0.0152. The zero-order valence-corrected chi connectivity index (χ0v) is 12.1. The van der Waals surface area contributed by atoms with Crippen molar-refractivity contribution in [2.24, 2.45) is 0 Å². The number of benzene rings is 1. The number of nitrogens with one attached hydrogen (secondary N) is 1. The summed E-state index contributed by atoms with van der Waals surface area (Å²) in [5, 5.41) is 2.84. The number of carbonyl (C=O) groups excluding carboxylic acids is 1. The molecule has 0 fully saturated rings. The molecule has 0 spiro atoms. The van der Waals surface area contributed by atoms with E-state index in [1.807, 2.05) is 37.5 Å². The maximum absolute atomic E-state index is 11.9. The van der Waals surface area contributed by atoms with Gasteiger partial charge in [-0.25, -0.2) is 0 Å². The molecule has 0 aliphatic rings. The predicted molar refractivity (Wildman–Crippen MR) is 84.7 cm³/mol. The largest absolute Gasteiger partial charge is 0.399 e. The molecule has 3 N–H and O–H groups in total. The zero-order chi connectivity index (χ0) is 15.1. The van der Waals surface area contributed by atoms with Gasteiger partial charge >= 0.3 is 0 Å². The molecule has 0 radical (unpaired) electrons. The first-order valence-electron chi connectivity index (χ1n) is 6.86. The van der Waals surface area contributed by atoms with Crippen LogP contribution in [0.4, 0.5) is 11.4 Å². The van der Waals surface area contributed by atoms with Crippen LogP contribution in [0.3, 0.4) is 0 Å². The maximum Gasteiger partial charge on any atom is 0.225 e. The number of anilines is 2. The quantitative estimate of drug-likeness (QED) is 0.797. The van der Waals surface area contributed by atoms with Gasteiger partial charge in [-0.3, -0.25) is 9.78 Å². The lowest BCUT2D eigenvalue weighted by Crippen LogP contribution is -2.24. The van der Waals surface area contributed by atoms with Crippen LogP contribution in [-0.4, -0.2) is 29.4 Å². The number of aromatic nitrogens is 1. The molecule has 1 heterocycles. The fourth-order valence-corrected chi connectivity index (χ4v) is 2.01. The van der Waals surface area contributed by atoms with Crippen molar-refractivity contribution >= 4 is 17.3 Å². The van der Waals surface area contributed by atoms with E-state index in [1.54, 1.807) is 18.3 Å². The van der Waals surface area contributed by atoms with Gasteiger partial charge < -0.3 is 16.0 Å². The van der Waals surface area contributed by atoms with E-state index in [2.05, 4.69) is 15.2 Å². The molecule has 1 aromatic carbocycles. The van der Waals surface area contributed by atoms with E-state index in [0.29, 0.717) is 18.7 Å². The Morgan fingerprint density at radius 1 is 1.33 bits per heavy atom. The molecule has 1 amide bonds. The average Bonchev–Trinajstić information content (AvgIpc) is 2.46. The number of hydrogen-bond donors (Lipinski definition) is 2. The molecule has 0 atom stereocenters. The van der Waals surface area contributed by atoms with E-state index in [1.165, 1.54) is 0 Å². The van der Waals surface area contributed by atoms with Crippen LogP contribution in [-0.2, 0) is 11.3 Å². The summed E-state index contributed by atoms with van der Waals surface area (Å²) in [4.78, 5) is 18.1. The molecule has 0 aliphatic heterocycles. The molecule has 0 aliphatic carbocycles. The van der Waals surface area contributed by atoms with E-state index in [9.17, 15) is 4.79 Å². The van der Waals surface area contributed by atoms with Crippen LogP contribution < -0.4 is 11.1 Å². The smallest absolute Gasteiger partial charge is 0.225 e. The summed E-state index contributed by atoms with van der Waals surface area (Å²) >= 11 is 0. The number of nitrogen functional groups attached to an aromatic ring is 1. The number of pyridine rings is 1. The molecule has 0 bridgehead atoms. The van der Waals surface area contributed by atoms with Gasteiger partial charge in [0.2, 0.25) is 5.91 Å². The summed E-state index contributed by atoms with van der Waals surface area (Å²) in [7, 11) is 1.99. The van der Waals surface area contributed by atoms with Gasteiger partial charge in [-0.15, -0.1) is 0 Å². The lowest BCUT2D eigenvalue weighted by molar-refractivity contribution is -0.116. The van der Waals surface area contributed by atoms with Crippen LogP contribution in [0.25, 0.3) is 0 Å². The van der Waals surface area contributed by atoms with Crippen LogP contribution >= 0.6 is 0 Å². The number of rotatable bonds is 6. The molecule has 2 aromatic rings. The van der Waals surface area contributed by atoms with Crippen LogP contribution in [0.1, 0.15) is 12.0 Å². The number of carbonyl (C=O) groups is 1. The molecule has 0 unspecified atom stereocenters. The van der Waals surface area contributed by atoms with Crippen LogP contribution in [0.2, 0.25) is 0 Å². The maximum atomic E-state index is 11.9. The van der Waals surface area contributed by atoms with E-state index in [0.717, 1.165) is 17.8 Å². The first-order chi connectivity index (χ1) is 10.1. The molecular formula is C16H20N4O. The van der Waals surface area contributed by atoms with Crippen molar-refractivity contribution in [1.82, 2.24) is 9.88 Å². The normalized spacial score (nSPS) is 10.6. The van der Waals surface area contributed by atoms with Crippen molar-refractivity contribution in [2.75, 3.05) is 24.6 Å². The Balaban J connectivity index is 1.76. The highest BCUT2D eigenvalue weighted by molar-refractivity contribution is 5.91. The Morgan fingerprint density at radius 3 is 2.90 bits per heavy atom. The highest BCUT2D eigenvalue weighted by Gasteiger charge is 2.06. The summed E-state index contributed by atoms with van der Waals surface area (Å²) in [6.07, 6.45) is 4.03. The molecule has 0 saturated heterocycles. The number of nitrogens with zero attached hydrogens (tertiary/aromatic N) is 2. The van der Waals surface area contributed by atoms with Gasteiger partial charge in [0.15, 0.2) is 0 Å². The molecule has 1 aromatic heterocycles. The van der Waals surface area contributed by atoms with Crippen LogP contribution in [0.5, 0.6) is 0 Å². The fraction of sp³-hybridized carbons (Fsp3) is 0.250. The molecule has 5 nitrogen and oxygen atoms in total. The summed E-state index contributed by atoms with van der Waals surface area (Å²) in [6, 6.07) is 11.1. The second kappa shape index (κ2) is 7.40. The van der Waals surface area contributed by atoms with Crippen molar-refractivity contribution in [1.29, 1.82) is 0 Å². The third-order valence-electron chi connectivity index (χ3n) is 3.07. The summed E-state index contributed by atoms with van der Waals surface area (Å²) in [5.74, 6) is -0.0152. The van der Waals surface area contributed by atoms with E-state index in [-0.39, 0.29) is 5.91 Å². The number of hydrogen-bond acceptors (Lipinski definition) is 4. The van der Waals surface area contributed by atoms with Crippen molar-refractivity contribution in [3.63, 3.8) is 0 Å². The van der Waals surface area contributed by atoms with E-state index in [4.69, 9.17) is 5.73 Å². The number of nitrogens with two attached hydrogens (primary N) is 1. The van der Waals surface area contributed by atoms with Crippen molar-refractivity contribution in [3.05, 3.63) is 54.4 Å².